The van der Waals surface area contributed by atoms with Crippen LogP contribution in [0.2, 0.25) is 0 Å². The molecule has 2 aromatic carbocycles. The van der Waals surface area contributed by atoms with Crippen LogP contribution in [0.25, 0.3) is 0 Å². The maximum Gasteiger partial charge on any atom is 0.273 e. The maximum absolute atomic E-state index is 12.1. The molecule has 0 atom stereocenters. The first-order valence-corrected chi connectivity index (χ1v) is 7.12. The Morgan fingerprint density at radius 2 is 1.91 bits per heavy atom. The zero-order valence-electron chi connectivity index (χ0n) is 13.1. The molecule has 0 bridgehead atoms. The van der Waals surface area contributed by atoms with Gasteiger partial charge < -0.3 is 9.64 Å². The third kappa shape index (κ3) is 4.81. The van der Waals surface area contributed by atoms with Gasteiger partial charge in [-0.25, -0.2) is 0 Å². The first-order valence-electron chi connectivity index (χ1n) is 7.12. The van der Waals surface area contributed by atoms with Crippen molar-refractivity contribution in [3.8, 4) is 5.75 Å². The molecule has 0 saturated carbocycles. The minimum Gasteiger partial charge on any atom is -0.484 e. The van der Waals surface area contributed by atoms with Crippen LogP contribution in [0.1, 0.15) is 11.1 Å². The number of benzene rings is 2. The van der Waals surface area contributed by atoms with Crippen LogP contribution < -0.4 is 4.74 Å². The molecule has 2 aromatic rings. The molecule has 0 aliphatic heterocycles. The smallest absolute Gasteiger partial charge is 0.273 e. The number of carbonyl (C=O) groups excluding carboxylic acids is 1. The van der Waals surface area contributed by atoms with Crippen molar-refractivity contribution in [1.29, 1.82) is 0 Å². The molecule has 0 N–H and O–H groups in total. The van der Waals surface area contributed by atoms with Crippen LogP contribution in [0.3, 0.4) is 0 Å². The van der Waals surface area contributed by atoms with Gasteiger partial charge in [0, 0.05) is 19.7 Å². The Bertz CT molecular complexity index is 698. The van der Waals surface area contributed by atoms with E-state index in [0.717, 1.165) is 11.1 Å². The molecule has 6 nitrogen and oxygen atoms in total. The number of ether oxygens (including phenoxy) is 1. The Labute approximate surface area is 134 Å². The van der Waals surface area contributed by atoms with Crippen molar-refractivity contribution in [3.05, 3.63) is 69.8 Å². The number of hydrogen-bond donors (Lipinski definition) is 0. The van der Waals surface area contributed by atoms with Gasteiger partial charge in [-0.2, -0.15) is 0 Å². The molecule has 23 heavy (non-hydrogen) atoms. The molecule has 0 unspecified atom stereocenters. The van der Waals surface area contributed by atoms with E-state index in [1.165, 1.54) is 18.2 Å². The summed E-state index contributed by atoms with van der Waals surface area (Å²) in [6.45, 7) is 2.33. The van der Waals surface area contributed by atoms with Crippen molar-refractivity contribution >= 4 is 11.6 Å². The lowest BCUT2D eigenvalue weighted by Crippen LogP contribution is -2.30. The molecule has 0 radical (unpaired) electrons. The quantitative estimate of drug-likeness (QED) is 0.607. The highest BCUT2D eigenvalue weighted by molar-refractivity contribution is 5.77. The van der Waals surface area contributed by atoms with Crippen LogP contribution in [-0.2, 0) is 11.3 Å². The topological polar surface area (TPSA) is 72.7 Å². The van der Waals surface area contributed by atoms with E-state index < -0.39 is 4.92 Å². The molecule has 120 valence electrons. The Morgan fingerprint density at radius 1 is 1.22 bits per heavy atom. The SMILES string of the molecule is Cc1ccc(CN(C)C(=O)COc2cccc([N+](=O)[O-])c2)cc1. The number of carbonyl (C=O) groups is 1. The van der Waals surface area contributed by atoms with E-state index in [1.807, 2.05) is 31.2 Å². The molecule has 0 heterocycles. The van der Waals surface area contributed by atoms with E-state index in [4.69, 9.17) is 4.74 Å². The predicted molar refractivity (Wildman–Crippen MR) is 86.2 cm³/mol. The van der Waals surface area contributed by atoms with Gasteiger partial charge in [0.05, 0.1) is 11.0 Å². The normalized spacial score (nSPS) is 10.2. The molecule has 6 heteroatoms. The summed E-state index contributed by atoms with van der Waals surface area (Å²) in [6.07, 6.45) is 0. The van der Waals surface area contributed by atoms with Crippen LogP contribution in [0.4, 0.5) is 5.69 Å². The number of rotatable bonds is 6. The van der Waals surface area contributed by atoms with Crippen LogP contribution in [0.5, 0.6) is 5.75 Å². The molecule has 0 aliphatic carbocycles. The summed E-state index contributed by atoms with van der Waals surface area (Å²) in [5.41, 5.74) is 2.13. The Kier molecular flexibility index (Phi) is 5.30. The van der Waals surface area contributed by atoms with Gasteiger partial charge in [0.25, 0.3) is 11.6 Å². The fraction of sp³-hybridized carbons (Fsp3) is 0.235. The van der Waals surface area contributed by atoms with Gasteiger partial charge >= 0.3 is 0 Å². The minimum atomic E-state index is -0.502. The summed E-state index contributed by atoms with van der Waals surface area (Å²) >= 11 is 0. The van der Waals surface area contributed by atoms with Crippen LogP contribution in [0, 0.1) is 17.0 Å². The molecule has 0 aliphatic rings. The van der Waals surface area contributed by atoms with Crippen molar-refractivity contribution in [2.45, 2.75) is 13.5 Å². The summed E-state index contributed by atoms with van der Waals surface area (Å²) in [5.74, 6) is 0.105. The Balaban J connectivity index is 1.90. The number of nitro groups is 1. The van der Waals surface area contributed by atoms with Crippen LogP contribution in [0.15, 0.2) is 48.5 Å². The van der Waals surface area contributed by atoms with Crippen molar-refractivity contribution in [1.82, 2.24) is 4.90 Å². The van der Waals surface area contributed by atoms with Gasteiger partial charge in [0.2, 0.25) is 0 Å². The van der Waals surface area contributed by atoms with Crippen molar-refractivity contribution in [2.24, 2.45) is 0 Å². The summed E-state index contributed by atoms with van der Waals surface area (Å²) in [6, 6.07) is 13.7. The van der Waals surface area contributed by atoms with E-state index in [2.05, 4.69) is 0 Å². The summed E-state index contributed by atoms with van der Waals surface area (Å²) < 4.78 is 5.34. The molecule has 0 fully saturated rings. The van der Waals surface area contributed by atoms with Crippen molar-refractivity contribution < 1.29 is 14.5 Å². The highest BCUT2D eigenvalue weighted by atomic mass is 16.6. The minimum absolute atomic E-state index is 0.0667. The molecular formula is C17H18N2O4. The number of nitro benzene ring substituents is 1. The zero-order valence-corrected chi connectivity index (χ0v) is 13.1. The third-order valence-corrected chi connectivity index (χ3v) is 3.36. The highest BCUT2D eigenvalue weighted by Gasteiger charge is 2.12. The molecule has 0 spiro atoms. The highest BCUT2D eigenvalue weighted by Crippen LogP contribution is 2.19. The average molecular weight is 314 g/mol. The number of nitrogens with zero attached hydrogens (tertiary/aromatic N) is 2. The van der Waals surface area contributed by atoms with Gasteiger partial charge in [-0.05, 0) is 18.6 Å². The van der Waals surface area contributed by atoms with E-state index in [1.54, 1.807) is 18.0 Å². The number of hydrogen-bond acceptors (Lipinski definition) is 4. The second-order valence-corrected chi connectivity index (χ2v) is 5.28. The lowest BCUT2D eigenvalue weighted by molar-refractivity contribution is -0.384. The first kappa shape index (κ1) is 16.5. The molecular weight excluding hydrogens is 296 g/mol. The second kappa shape index (κ2) is 7.40. The molecule has 1 amide bonds. The predicted octanol–water partition coefficient (Wildman–Crippen LogP) is 2.94. The van der Waals surface area contributed by atoms with Gasteiger partial charge in [0.15, 0.2) is 6.61 Å². The second-order valence-electron chi connectivity index (χ2n) is 5.28. The first-order chi connectivity index (χ1) is 11.0. The Hall–Kier alpha value is -2.89. The lowest BCUT2D eigenvalue weighted by Gasteiger charge is -2.17. The van der Waals surface area contributed by atoms with Crippen molar-refractivity contribution in [3.63, 3.8) is 0 Å². The van der Waals surface area contributed by atoms with Gasteiger partial charge in [-0.15, -0.1) is 0 Å². The zero-order chi connectivity index (χ0) is 16.8. The standard InChI is InChI=1S/C17H18N2O4/c1-13-6-8-14(9-7-13)11-18(2)17(20)12-23-16-5-3-4-15(10-16)19(21)22/h3-10H,11-12H2,1-2H3. The fourth-order valence-electron chi connectivity index (χ4n) is 2.00. The van der Waals surface area contributed by atoms with E-state index in [0.29, 0.717) is 12.3 Å². The number of non-ortho nitro benzene ring substituents is 1. The fourth-order valence-corrected chi connectivity index (χ4v) is 2.00. The van der Waals surface area contributed by atoms with Crippen molar-refractivity contribution in [2.75, 3.05) is 13.7 Å². The number of likely N-dealkylation sites (N-methyl/N-ethyl adjacent to an activating group) is 1. The number of aryl methyl sites for hydroxylation is 1. The van der Waals surface area contributed by atoms with E-state index in [-0.39, 0.29) is 18.2 Å². The number of amides is 1. The Morgan fingerprint density at radius 3 is 2.57 bits per heavy atom. The largest absolute Gasteiger partial charge is 0.484 e. The summed E-state index contributed by atoms with van der Waals surface area (Å²) in [7, 11) is 1.69. The van der Waals surface area contributed by atoms with Gasteiger partial charge in [-0.1, -0.05) is 35.9 Å². The molecule has 0 aromatic heterocycles. The molecule has 2 rings (SSSR count). The van der Waals surface area contributed by atoms with E-state index in [9.17, 15) is 14.9 Å². The lowest BCUT2D eigenvalue weighted by atomic mass is 10.1. The third-order valence-electron chi connectivity index (χ3n) is 3.36. The van der Waals surface area contributed by atoms with E-state index >= 15 is 0 Å². The van der Waals surface area contributed by atoms with Gasteiger partial charge in [-0.3, -0.25) is 14.9 Å². The summed E-state index contributed by atoms with van der Waals surface area (Å²) in [4.78, 5) is 23.8. The average Bonchev–Trinajstić information content (AvgIpc) is 2.55. The monoisotopic (exact) mass is 314 g/mol. The van der Waals surface area contributed by atoms with Crippen LogP contribution in [-0.4, -0.2) is 29.4 Å². The van der Waals surface area contributed by atoms with Crippen LogP contribution >= 0.6 is 0 Å². The summed E-state index contributed by atoms with van der Waals surface area (Å²) in [5, 5.41) is 10.7. The van der Waals surface area contributed by atoms with Gasteiger partial charge in [0.1, 0.15) is 5.75 Å². The molecule has 0 saturated heterocycles. The maximum atomic E-state index is 12.1.